The van der Waals surface area contributed by atoms with E-state index < -0.39 is 0 Å². The summed E-state index contributed by atoms with van der Waals surface area (Å²) in [5, 5.41) is 30.0. The summed E-state index contributed by atoms with van der Waals surface area (Å²) in [7, 11) is 0. The van der Waals surface area contributed by atoms with Gasteiger partial charge in [-0.3, -0.25) is 0 Å². The minimum Gasteiger partial charge on any atom is -0.309 e. The van der Waals surface area contributed by atoms with E-state index in [2.05, 4.69) is 192 Å². The molecule has 0 amide bonds. The molecule has 0 saturated heterocycles. The number of benzene rings is 8. The lowest BCUT2D eigenvalue weighted by Gasteiger charge is -2.22. The molecule has 0 saturated carbocycles. The van der Waals surface area contributed by atoms with Crippen LogP contribution in [-0.2, 0) is 5.41 Å². The van der Waals surface area contributed by atoms with Crippen molar-refractivity contribution >= 4 is 77.4 Å². The molecule has 0 fully saturated rings. The molecule has 0 spiro atoms. The van der Waals surface area contributed by atoms with Gasteiger partial charge in [0.2, 0.25) is 0 Å². The lowest BCUT2D eigenvalue weighted by molar-refractivity contribution is 0.661. The van der Waals surface area contributed by atoms with Crippen LogP contribution < -0.4 is 0 Å². The second kappa shape index (κ2) is 13.3. The van der Waals surface area contributed by atoms with Crippen LogP contribution in [0.3, 0.4) is 0 Å². The number of nitriles is 2. The van der Waals surface area contributed by atoms with Crippen LogP contribution in [0.25, 0.3) is 106 Å². The average molecular weight is 806 g/mol. The second-order valence-corrected chi connectivity index (χ2v) is 17.1. The zero-order valence-electron chi connectivity index (χ0n) is 35.1. The average Bonchev–Trinajstić information content (AvgIpc) is 4.00. The van der Waals surface area contributed by atoms with Crippen LogP contribution in [0.1, 0.15) is 54.3 Å². The molecular weight excluding hydrogens is 767 g/mol. The van der Waals surface area contributed by atoms with Crippen LogP contribution in [0.15, 0.2) is 164 Å². The normalized spacial score (nSPS) is 13.1. The number of aromatic nitrogens is 3. The highest BCUT2D eigenvalue weighted by atomic mass is 15.0. The SMILES string of the molecule is C=Cc1c(/C=C\C)n(-c2ccc3c(c2)c2c4ccccc4ccc2n3-c2cc(C#N)c(-n3c4ccccc4c4cc5c(cc43)C(C)(C)c3ccccc3-5)cc2C#N)c2ccccc12. The molecule has 12 rings (SSSR count). The first-order valence-corrected chi connectivity index (χ1v) is 21.4. The third-order valence-electron chi connectivity index (χ3n) is 13.6. The van der Waals surface area contributed by atoms with Crippen molar-refractivity contribution in [1.82, 2.24) is 13.7 Å². The first kappa shape index (κ1) is 36.5. The van der Waals surface area contributed by atoms with Gasteiger partial charge in [-0.2, -0.15) is 10.5 Å². The zero-order valence-corrected chi connectivity index (χ0v) is 35.1. The van der Waals surface area contributed by atoms with E-state index in [4.69, 9.17) is 0 Å². The van der Waals surface area contributed by atoms with Gasteiger partial charge in [0.05, 0.1) is 55.8 Å². The summed E-state index contributed by atoms with van der Waals surface area (Å²) >= 11 is 0. The van der Waals surface area contributed by atoms with Crippen molar-refractivity contribution in [2.45, 2.75) is 26.2 Å². The third-order valence-corrected chi connectivity index (χ3v) is 13.6. The Labute approximate surface area is 364 Å². The summed E-state index contributed by atoms with van der Waals surface area (Å²) < 4.78 is 6.68. The summed E-state index contributed by atoms with van der Waals surface area (Å²) in [6.07, 6.45) is 6.16. The minimum absolute atomic E-state index is 0.210. The molecule has 0 N–H and O–H groups in total. The smallest absolute Gasteiger partial charge is 0.101 e. The molecule has 11 aromatic rings. The lowest BCUT2D eigenvalue weighted by atomic mass is 9.82. The molecule has 0 atom stereocenters. The van der Waals surface area contributed by atoms with Gasteiger partial charge in [0.1, 0.15) is 12.1 Å². The molecule has 3 heterocycles. The predicted octanol–water partition coefficient (Wildman–Crippen LogP) is 14.7. The van der Waals surface area contributed by atoms with Crippen molar-refractivity contribution in [1.29, 1.82) is 10.5 Å². The number of nitrogens with zero attached hydrogens (tertiary/aromatic N) is 5. The third kappa shape index (κ3) is 4.91. The van der Waals surface area contributed by atoms with Crippen molar-refractivity contribution in [3.05, 3.63) is 198 Å². The molecule has 3 aromatic heterocycles. The van der Waals surface area contributed by atoms with Crippen LogP contribution in [0.2, 0.25) is 0 Å². The maximum absolute atomic E-state index is 11.2. The molecule has 1 aliphatic rings. The number of hydrogen-bond acceptors (Lipinski definition) is 2. The zero-order chi connectivity index (χ0) is 42.7. The van der Waals surface area contributed by atoms with E-state index in [1.807, 2.05) is 31.2 Å². The highest BCUT2D eigenvalue weighted by molar-refractivity contribution is 6.22. The molecule has 1 aliphatic carbocycles. The largest absolute Gasteiger partial charge is 0.309 e. The monoisotopic (exact) mass is 805 g/mol. The Bertz CT molecular complexity index is 3940. The molecule has 5 nitrogen and oxygen atoms in total. The number of fused-ring (bicyclic) bond motifs is 12. The van der Waals surface area contributed by atoms with Gasteiger partial charge in [-0.1, -0.05) is 124 Å². The first-order valence-electron chi connectivity index (χ1n) is 21.4. The molecule has 0 aliphatic heterocycles. The molecule has 0 radical (unpaired) electrons. The second-order valence-electron chi connectivity index (χ2n) is 17.1. The van der Waals surface area contributed by atoms with E-state index in [9.17, 15) is 10.5 Å². The summed E-state index contributed by atoms with van der Waals surface area (Å²) in [4.78, 5) is 0. The van der Waals surface area contributed by atoms with Crippen molar-refractivity contribution in [3.63, 3.8) is 0 Å². The van der Waals surface area contributed by atoms with Gasteiger partial charge >= 0.3 is 0 Å². The highest BCUT2D eigenvalue weighted by Crippen LogP contribution is 2.51. The van der Waals surface area contributed by atoms with Gasteiger partial charge in [0.25, 0.3) is 0 Å². The summed E-state index contributed by atoms with van der Waals surface area (Å²) in [5.74, 6) is 0. The minimum atomic E-state index is -0.210. The number of para-hydroxylation sites is 2. The van der Waals surface area contributed by atoms with Crippen molar-refractivity contribution < 1.29 is 0 Å². The van der Waals surface area contributed by atoms with Gasteiger partial charge in [-0.25, -0.2) is 0 Å². The lowest BCUT2D eigenvalue weighted by Crippen LogP contribution is -2.15. The Morgan fingerprint density at radius 3 is 1.87 bits per heavy atom. The standard InChI is InChI=1S/C58H39N5/c1-5-15-49-39(6-2)42-19-10-13-22-50(42)61(49)38-25-27-52-46(30-38)57-40-17-8-7-16-35(40)24-26-53(57)62(52)54-28-37(34-60)55(29-36(54)33-59)63-51-23-14-11-20-43(51)45-31-44-41-18-9-12-21-47(41)58(3,4)48(44)32-56(45)63/h5-32H,2H2,1,3-4H3/b15-5-. The van der Waals surface area contributed by atoms with Gasteiger partial charge in [0, 0.05) is 43.6 Å². The first-order chi connectivity index (χ1) is 30.9. The Hall–Kier alpha value is -8.38. The van der Waals surface area contributed by atoms with Crippen molar-refractivity contribution in [3.8, 4) is 40.3 Å². The van der Waals surface area contributed by atoms with Crippen molar-refractivity contribution in [2.24, 2.45) is 0 Å². The van der Waals surface area contributed by atoms with Crippen molar-refractivity contribution in [2.75, 3.05) is 0 Å². The molecule has 5 heteroatoms. The summed E-state index contributed by atoms with van der Waals surface area (Å²) in [6.45, 7) is 10.8. The van der Waals surface area contributed by atoms with Crippen LogP contribution in [0, 0.1) is 22.7 Å². The van der Waals surface area contributed by atoms with E-state index in [1.165, 1.54) is 22.3 Å². The van der Waals surface area contributed by atoms with E-state index >= 15 is 0 Å². The molecule has 296 valence electrons. The Balaban J connectivity index is 1.14. The number of hydrogen-bond donors (Lipinski definition) is 0. The fourth-order valence-electron chi connectivity index (χ4n) is 10.8. The molecule has 0 bridgehead atoms. The van der Waals surface area contributed by atoms with Crippen LogP contribution in [0.5, 0.6) is 0 Å². The number of rotatable bonds is 5. The molecule has 8 aromatic carbocycles. The number of allylic oxidation sites excluding steroid dienone is 1. The fraction of sp³-hybridized carbons (Fsp3) is 0.0690. The molecule has 63 heavy (non-hydrogen) atoms. The van der Waals surface area contributed by atoms with Crippen LogP contribution in [-0.4, -0.2) is 13.7 Å². The summed E-state index contributed by atoms with van der Waals surface area (Å²) in [6, 6.07) is 58.6. The Morgan fingerprint density at radius 2 is 1.14 bits per heavy atom. The molecular formula is C58H39N5. The van der Waals surface area contributed by atoms with E-state index in [0.29, 0.717) is 22.5 Å². The van der Waals surface area contributed by atoms with E-state index in [1.54, 1.807) is 0 Å². The maximum Gasteiger partial charge on any atom is 0.101 e. The van der Waals surface area contributed by atoms with E-state index in [0.717, 1.165) is 82.2 Å². The highest BCUT2D eigenvalue weighted by Gasteiger charge is 2.36. The quantitative estimate of drug-likeness (QED) is 0.174. The van der Waals surface area contributed by atoms with Crippen LogP contribution in [0.4, 0.5) is 0 Å². The topological polar surface area (TPSA) is 62.4 Å². The van der Waals surface area contributed by atoms with Gasteiger partial charge in [-0.15, -0.1) is 0 Å². The maximum atomic E-state index is 11.2. The van der Waals surface area contributed by atoms with E-state index in [-0.39, 0.29) is 5.41 Å². The van der Waals surface area contributed by atoms with Crippen LogP contribution >= 0.6 is 0 Å². The molecule has 0 unspecified atom stereocenters. The summed E-state index contributed by atoms with van der Waals surface area (Å²) in [5.41, 5.74) is 15.3. The van der Waals surface area contributed by atoms with Gasteiger partial charge < -0.3 is 13.7 Å². The predicted molar refractivity (Wildman–Crippen MR) is 261 cm³/mol. The van der Waals surface area contributed by atoms with Gasteiger partial charge in [0.15, 0.2) is 0 Å². The van der Waals surface area contributed by atoms with Gasteiger partial charge in [-0.05, 0) is 107 Å². The fourth-order valence-corrected chi connectivity index (χ4v) is 10.8. The Morgan fingerprint density at radius 1 is 0.524 bits per heavy atom. The Kier molecular flexibility index (Phi) is 7.70.